The number of carbonyl (C=O) groups excluding carboxylic acids is 1. The Labute approximate surface area is 107 Å². The summed E-state index contributed by atoms with van der Waals surface area (Å²) in [5, 5.41) is 3.08. The standard InChI is InChI=1S/C12H12BrFN2O/c13-9-2-1-7-8(12(9)14)3-4-16-10(7)5-15-6-11(16)17/h1-2,10,15H,3-6H2/t10-/m0/s1. The Morgan fingerprint density at radius 3 is 3.12 bits per heavy atom. The van der Waals surface area contributed by atoms with Gasteiger partial charge in [0.15, 0.2) is 0 Å². The number of nitrogens with one attached hydrogen (secondary N) is 1. The van der Waals surface area contributed by atoms with Crippen LogP contribution in [0.3, 0.4) is 0 Å². The van der Waals surface area contributed by atoms with E-state index in [1.165, 1.54) is 0 Å². The smallest absolute Gasteiger partial charge is 0.237 e. The van der Waals surface area contributed by atoms with Gasteiger partial charge in [-0.25, -0.2) is 4.39 Å². The fraction of sp³-hybridized carbons (Fsp3) is 0.417. The highest BCUT2D eigenvalue weighted by Crippen LogP contribution is 2.34. The topological polar surface area (TPSA) is 32.3 Å². The Morgan fingerprint density at radius 1 is 1.47 bits per heavy atom. The van der Waals surface area contributed by atoms with E-state index in [0.29, 0.717) is 30.5 Å². The Kier molecular flexibility index (Phi) is 2.67. The first-order valence-electron chi connectivity index (χ1n) is 5.65. The molecule has 0 saturated carbocycles. The molecule has 0 spiro atoms. The van der Waals surface area contributed by atoms with Gasteiger partial charge in [0.1, 0.15) is 5.82 Å². The minimum atomic E-state index is -0.180. The molecule has 0 aliphatic carbocycles. The van der Waals surface area contributed by atoms with E-state index in [9.17, 15) is 9.18 Å². The second-order valence-corrected chi connectivity index (χ2v) is 5.27. The lowest BCUT2D eigenvalue weighted by Crippen LogP contribution is -2.52. The van der Waals surface area contributed by atoms with Crippen molar-refractivity contribution in [2.45, 2.75) is 12.5 Å². The second-order valence-electron chi connectivity index (χ2n) is 4.41. The molecule has 2 aliphatic heterocycles. The van der Waals surface area contributed by atoms with Gasteiger partial charge in [-0.1, -0.05) is 6.07 Å². The summed E-state index contributed by atoms with van der Waals surface area (Å²) in [5.41, 5.74) is 1.69. The molecular weight excluding hydrogens is 287 g/mol. The molecule has 1 fully saturated rings. The van der Waals surface area contributed by atoms with Crippen LogP contribution in [0.1, 0.15) is 17.2 Å². The largest absolute Gasteiger partial charge is 0.333 e. The summed E-state index contributed by atoms with van der Waals surface area (Å²) < 4.78 is 14.5. The van der Waals surface area contributed by atoms with Gasteiger partial charge in [0.25, 0.3) is 0 Å². The average Bonchev–Trinajstić information content (AvgIpc) is 2.34. The van der Waals surface area contributed by atoms with Crippen LogP contribution in [0.25, 0.3) is 0 Å². The van der Waals surface area contributed by atoms with Gasteiger partial charge in [-0.3, -0.25) is 4.79 Å². The molecule has 2 heterocycles. The van der Waals surface area contributed by atoms with Crippen molar-refractivity contribution in [2.24, 2.45) is 0 Å². The minimum absolute atomic E-state index is 0.0115. The third-order valence-corrected chi connectivity index (χ3v) is 4.12. The molecule has 0 radical (unpaired) electrons. The fourth-order valence-corrected chi connectivity index (χ4v) is 3.04. The molecule has 2 aliphatic rings. The number of benzene rings is 1. The lowest BCUT2D eigenvalue weighted by Gasteiger charge is -2.40. The highest BCUT2D eigenvalue weighted by molar-refractivity contribution is 9.10. The summed E-state index contributed by atoms with van der Waals surface area (Å²) in [6.07, 6.45) is 0.600. The van der Waals surface area contributed by atoms with Crippen LogP contribution < -0.4 is 5.32 Å². The van der Waals surface area contributed by atoms with E-state index >= 15 is 0 Å². The summed E-state index contributed by atoms with van der Waals surface area (Å²) in [5.74, 6) is -0.0737. The predicted molar refractivity (Wildman–Crippen MR) is 65.1 cm³/mol. The quantitative estimate of drug-likeness (QED) is 0.789. The predicted octanol–water partition coefficient (Wildman–Crippen LogP) is 1.62. The molecule has 1 N–H and O–H groups in total. The number of amides is 1. The van der Waals surface area contributed by atoms with Crippen molar-refractivity contribution in [1.29, 1.82) is 0 Å². The fourth-order valence-electron chi connectivity index (χ4n) is 2.67. The van der Waals surface area contributed by atoms with Crippen LogP contribution in [0.15, 0.2) is 16.6 Å². The van der Waals surface area contributed by atoms with Crippen molar-refractivity contribution in [3.05, 3.63) is 33.5 Å². The number of carbonyl (C=O) groups is 1. The van der Waals surface area contributed by atoms with Gasteiger partial charge in [-0.05, 0) is 39.5 Å². The first-order chi connectivity index (χ1) is 8.18. The van der Waals surface area contributed by atoms with Crippen LogP contribution in [0.2, 0.25) is 0 Å². The molecule has 3 rings (SSSR count). The number of piperazine rings is 1. The molecule has 90 valence electrons. The highest BCUT2D eigenvalue weighted by atomic mass is 79.9. The Balaban J connectivity index is 2.07. The molecule has 0 unspecified atom stereocenters. The zero-order chi connectivity index (χ0) is 12.0. The Hall–Kier alpha value is -0.940. The minimum Gasteiger partial charge on any atom is -0.333 e. The van der Waals surface area contributed by atoms with Crippen LogP contribution in [-0.4, -0.2) is 30.4 Å². The van der Waals surface area contributed by atoms with Crippen molar-refractivity contribution in [3.63, 3.8) is 0 Å². The van der Waals surface area contributed by atoms with E-state index in [0.717, 1.165) is 11.1 Å². The third kappa shape index (κ3) is 1.68. The summed E-state index contributed by atoms with van der Waals surface area (Å²) in [6, 6.07) is 3.62. The summed E-state index contributed by atoms with van der Waals surface area (Å²) in [4.78, 5) is 13.6. The van der Waals surface area contributed by atoms with Crippen LogP contribution in [-0.2, 0) is 11.2 Å². The third-order valence-electron chi connectivity index (χ3n) is 3.50. The zero-order valence-electron chi connectivity index (χ0n) is 9.17. The lowest BCUT2D eigenvalue weighted by atomic mass is 9.91. The SMILES string of the molecule is O=C1CNC[C@H]2c3ccc(Br)c(F)c3CCN12. The Bertz CT molecular complexity index is 492. The maximum atomic E-state index is 14.0. The molecule has 17 heavy (non-hydrogen) atoms. The molecule has 1 aromatic rings. The molecule has 0 bridgehead atoms. The number of rotatable bonds is 0. The van der Waals surface area contributed by atoms with Gasteiger partial charge in [0, 0.05) is 13.1 Å². The molecule has 0 aromatic heterocycles. The zero-order valence-corrected chi connectivity index (χ0v) is 10.8. The van der Waals surface area contributed by atoms with Crippen molar-refractivity contribution in [3.8, 4) is 0 Å². The first kappa shape index (κ1) is 11.2. The number of fused-ring (bicyclic) bond motifs is 3. The number of nitrogens with zero attached hydrogens (tertiary/aromatic N) is 1. The lowest BCUT2D eigenvalue weighted by molar-refractivity contribution is -0.135. The van der Waals surface area contributed by atoms with E-state index in [4.69, 9.17) is 0 Å². The molecule has 3 nitrogen and oxygen atoms in total. The number of hydrogen-bond acceptors (Lipinski definition) is 2. The van der Waals surface area contributed by atoms with Crippen molar-refractivity contribution < 1.29 is 9.18 Å². The van der Waals surface area contributed by atoms with Crippen molar-refractivity contribution >= 4 is 21.8 Å². The Morgan fingerprint density at radius 2 is 2.29 bits per heavy atom. The summed E-state index contributed by atoms with van der Waals surface area (Å²) in [7, 11) is 0. The highest BCUT2D eigenvalue weighted by Gasteiger charge is 2.34. The summed E-state index contributed by atoms with van der Waals surface area (Å²) >= 11 is 3.20. The maximum absolute atomic E-state index is 14.0. The van der Waals surface area contributed by atoms with E-state index < -0.39 is 0 Å². The van der Waals surface area contributed by atoms with Gasteiger partial charge in [-0.15, -0.1) is 0 Å². The normalized spacial score (nSPS) is 23.3. The van der Waals surface area contributed by atoms with Gasteiger partial charge >= 0.3 is 0 Å². The van der Waals surface area contributed by atoms with Gasteiger partial charge in [-0.2, -0.15) is 0 Å². The second kappa shape index (κ2) is 4.07. The molecule has 5 heteroatoms. The van der Waals surface area contributed by atoms with E-state index in [2.05, 4.69) is 21.2 Å². The van der Waals surface area contributed by atoms with Crippen LogP contribution in [0, 0.1) is 5.82 Å². The first-order valence-corrected chi connectivity index (χ1v) is 6.44. The van der Waals surface area contributed by atoms with E-state index in [1.54, 1.807) is 6.07 Å². The molecular formula is C12H12BrFN2O. The maximum Gasteiger partial charge on any atom is 0.237 e. The van der Waals surface area contributed by atoms with Crippen LogP contribution >= 0.6 is 15.9 Å². The monoisotopic (exact) mass is 298 g/mol. The molecule has 1 atom stereocenters. The van der Waals surface area contributed by atoms with Crippen LogP contribution in [0.4, 0.5) is 4.39 Å². The molecule has 1 saturated heterocycles. The van der Waals surface area contributed by atoms with Crippen molar-refractivity contribution in [1.82, 2.24) is 10.2 Å². The average molecular weight is 299 g/mol. The van der Waals surface area contributed by atoms with Gasteiger partial charge in [0.2, 0.25) is 5.91 Å². The molecule has 1 aromatic carbocycles. The van der Waals surface area contributed by atoms with E-state index in [-0.39, 0.29) is 17.8 Å². The molecule has 1 amide bonds. The summed E-state index contributed by atoms with van der Waals surface area (Å²) in [6.45, 7) is 1.72. The van der Waals surface area contributed by atoms with Gasteiger partial charge in [0.05, 0.1) is 17.1 Å². The van der Waals surface area contributed by atoms with E-state index in [1.807, 2.05) is 11.0 Å². The number of halogens is 2. The van der Waals surface area contributed by atoms with Crippen molar-refractivity contribution in [2.75, 3.05) is 19.6 Å². The van der Waals surface area contributed by atoms with Gasteiger partial charge < -0.3 is 10.2 Å². The number of hydrogen-bond donors (Lipinski definition) is 1. The van der Waals surface area contributed by atoms with Crippen LogP contribution in [0.5, 0.6) is 0 Å².